The van der Waals surface area contributed by atoms with Crippen LogP contribution in [0.15, 0.2) is 72.8 Å². The molecular formula is C48H66O4. The maximum atomic E-state index is 10.6. The molecule has 0 bridgehead atoms. The van der Waals surface area contributed by atoms with Crippen molar-refractivity contribution in [3.8, 4) is 23.0 Å². The van der Waals surface area contributed by atoms with Gasteiger partial charge in [-0.25, -0.2) is 0 Å². The summed E-state index contributed by atoms with van der Waals surface area (Å²) in [6.07, 6.45) is 18.5. The standard InChI is InChI=1S/C48H66O4/c1-5-9-17-39-31-35(23-27-45(39)49)43(36-24-28-46(50)40(32-36)18-10-6-2)21-15-13-14-16-22-44(37-25-29-47(51)41(33-37)19-11-7-3)38-26-30-48(52)42(34-38)20-12-8-4/h23-34,43-44,49-52H,5-22H2,1-4H3. The van der Waals surface area contributed by atoms with Crippen LogP contribution in [-0.4, -0.2) is 20.4 Å². The van der Waals surface area contributed by atoms with E-state index in [1.807, 2.05) is 24.3 Å². The van der Waals surface area contributed by atoms with Crippen LogP contribution in [0, 0.1) is 0 Å². The van der Waals surface area contributed by atoms with Crippen molar-refractivity contribution < 1.29 is 20.4 Å². The molecule has 0 aliphatic rings. The van der Waals surface area contributed by atoms with E-state index in [1.165, 1.54) is 22.3 Å². The summed E-state index contributed by atoms with van der Waals surface area (Å²) in [7, 11) is 0. The fourth-order valence-corrected chi connectivity index (χ4v) is 7.66. The molecular weight excluding hydrogens is 641 g/mol. The van der Waals surface area contributed by atoms with Gasteiger partial charge in [0, 0.05) is 11.8 Å². The molecule has 0 amide bonds. The molecule has 52 heavy (non-hydrogen) atoms. The summed E-state index contributed by atoms with van der Waals surface area (Å²) in [6, 6.07) is 24.8. The number of phenols is 4. The smallest absolute Gasteiger partial charge is 0.118 e. The van der Waals surface area contributed by atoms with Gasteiger partial charge in [-0.15, -0.1) is 0 Å². The lowest BCUT2D eigenvalue weighted by atomic mass is 9.83. The van der Waals surface area contributed by atoms with Crippen molar-refractivity contribution in [1.29, 1.82) is 0 Å². The largest absolute Gasteiger partial charge is 0.508 e. The topological polar surface area (TPSA) is 80.9 Å². The van der Waals surface area contributed by atoms with Gasteiger partial charge in [-0.05, 0) is 133 Å². The highest BCUT2D eigenvalue weighted by molar-refractivity contribution is 5.46. The average molecular weight is 707 g/mol. The Labute approximate surface area is 315 Å². The highest BCUT2D eigenvalue weighted by Crippen LogP contribution is 2.38. The Hall–Kier alpha value is -3.92. The molecule has 0 saturated carbocycles. The Morgan fingerprint density at radius 3 is 0.827 bits per heavy atom. The Morgan fingerprint density at radius 1 is 0.346 bits per heavy atom. The maximum absolute atomic E-state index is 10.6. The third kappa shape index (κ3) is 11.8. The van der Waals surface area contributed by atoms with E-state index in [1.54, 1.807) is 0 Å². The van der Waals surface area contributed by atoms with Crippen molar-refractivity contribution >= 4 is 0 Å². The number of hydrogen-bond donors (Lipinski definition) is 4. The second-order valence-corrected chi connectivity index (χ2v) is 15.1. The average Bonchev–Trinajstić information content (AvgIpc) is 3.15. The minimum Gasteiger partial charge on any atom is -0.508 e. The van der Waals surface area contributed by atoms with Crippen molar-refractivity contribution in [3.05, 3.63) is 117 Å². The Bertz CT molecular complexity index is 1420. The monoisotopic (exact) mass is 706 g/mol. The van der Waals surface area contributed by atoms with Crippen LogP contribution in [0.3, 0.4) is 0 Å². The Kier molecular flexibility index (Phi) is 16.9. The van der Waals surface area contributed by atoms with Crippen LogP contribution < -0.4 is 0 Å². The van der Waals surface area contributed by atoms with Gasteiger partial charge in [0.1, 0.15) is 23.0 Å². The first-order valence-corrected chi connectivity index (χ1v) is 20.6. The van der Waals surface area contributed by atoms with Crippen LogP contribution in [0.25, 0.3) is 0 Å². The number of rotatable bonds is 23. The van der Waals surface area contributed by atoms with Crippen molar-refractivity contribution in [2.75, 3.05) is 0 Å². The quantitative estimate of drug-likeness (QED) is 0.0579. The molecule has 4 aromatic rings. The summed E-state index contributed by atoms with van der Waals surface area (Å²) in [5.41, 5.74) is 9.09. The molecule has 4 rings (SSSR count). The van der Waals surface area contributed by atoms with Gasteiger partial charge in [-0.1, -0.05) is 128 Å². The molecule has 0 atom stereocenters. The highest BCUT2D eigenvalue weighted by Gasteiger charge is 2.20. The zero-order chi connectivity index (χ0) is 37.3. The predicted molar refractivity (Wildman–Crippen MR) is 218 cm³/mol. The Balaban J connectivity index is 1.51. The normalized spacial score (nSPS) is 11.6. The number of hydrogen-bond acceptors (Lipinski definition) is 4. The van der Waals surface area contributed by atoms with Gasteiger partial charge < -0.3 is 20.4 Å². The summed E-state index contributed by atoms with van der Waals surface area (Å²) >= 11 is 0. The maximum Gasteiger partial charge on any atom is 0.118 e. The molecule has 0 aliphatic carbocycles. The molecule has 0 saturated heterocycles. The molecule has 0 fully saturated rings. The molecule has 282 valence electrons. The molecule has 0 aromatic heterocycles. The van der Waals surface area contributed by atoms with Crippen molar-refractivity contribution in [1.82, 2.24) is 0 Å². The predicted octanol–water partition coefficient (Wildman–Crippen LogP) is 13.2. The number of unbranched alkanes of at least 4 members (excludes halogenated alkanes) is 7. The SMILES string of the molecule is CCCCc1cc(C(CCCCCCC(c2ccc(O)c(CCCC)c2)c2ccc(O)c(CCCC)c2)c2ccc(O)c(CCCC)c2)ccc1O. The van der Waals surface area contributed by atoms with Gasteiger partial charge in [-0.2, -0.15) is 0 Å². The summed E-state index contributed by atoms with van der Waals surface area (Å²) < 4.78 is 0. The van der Waals surface area contributed by atoms with Crippen LogP contribution in [0.1, 0.15) is 174 Å². The van der Waals surface area contributed by atoms with E-state index in [4.69, 9.17) is 0 Å². The molecule has 0 heterocycles. The van der Waals surface area contributed by atoms with Crippen LogP contribution in [0.4, 0.5) is 0 Å². The van der Waals surface area contributed by atoms with E-state index >= 15 is 0 Å². The van der Waals surface area contributed by atoms with E-state index in [9.17, 15) is 20.4 Å². The first-order valence-electron chi connectivity index (χ1n) is 20.6. The molecule has 4 N–H and O–H groups in total. The number of phenolic OH excluding ortho intramolecular Hbond substituents is 4. The molecule has 0 unspecified atom stereocenters. The second-order valence-electron chi connectivity index (χ2n) is 15.1. The third-order valence-corrected chi connectivity index (χ3v) is 11.0. The number of aromatic hydroxyl groups is 4. The first kappa shape index (κ1) is 40.8. The van der Waals surface area contributed by atoms with Gasteiger partial charge in [0.2, 0.25) is 0 Å². The Morgan fingerprint density at radius 2 is 0.596 bits per heavy atom. The van der Waals surface area contributed by atoms with Gasteiger partial charge in [0.05, 0.1) is 0 Å². The van der Waals surface area contributed by atoms with E-state index in [-0.39, 0.29) is 11.8 Å². The van der Waals surface area contributed by atoms with Crippen molar-refractivity contribution in [2.45, 2.75) is 155 Å². The van der Waals surface area contributed by atoms with Crippen LogP contribution in [0.2, 0.25) is 0 Å². The van der Waals surface area contributed by atoms with Crippen molar-refractivity contribution in [3.63, 3.8) is 0 Å². The van der Waals surface area contributed by atoms with E-state index in [2.05, 4.69) is 76.2 Å². The number of benzene rings is 4. The van der Waals surface area contributed by atoms with E-state index in [0.29, 0.717) is 23.0 Å². The summed E-state index contributed by atoms with van der Waals surface area (Å²) in [6.45, 7) is 8.74. The molecule has 4 heteroatoms. The lowest BCUT2D eigenvalue weighted by Crippen LogP contribution is -2.05. The summed E-state index contributed by atoms with van der Waals surface area (Å²) in [5.74, 6) is 1.95. The molecule has 4 nitrogen and oxygen atoms in total. The summed E-state index contributed by atoms with van der Waals surface area (Å²) in [4.78, 5) is 0. The third-order valence-electron chi connectivity index (χ3n) is 11.0. The van der Waals surface area contributed by atoms with E-state index in [0.717, 1.165) is 138 Å². The lowest BCUT2D eigenvalue weighted by Gasteiger charge is -2.22. The van der Waals surface area contributed by atoms with Gasteiger partial charge in [-0.3, -0.25) is 0 Å². The molecule has 0 aliphatic heterocycles. The zero-order valence-corrected chi connectivity index (χ0v) is 32.6. The van der Waals surface area contributed by atoms with Gasteiger partial charge in [0.15, 0.2) is 0 Å². The summed E-state index contributed by atoms with van der Waals surface area (Å²) in [5, 5.41) is 42.6. The van der Waals surface area contributed by atoms with Gasteiger partial charge in [0.25, 0.3) is 0 Å². The fourth-order valence-electron chi connectivity index (χ4n) is 7.66. The molecule has 0 radical (unpaired) electrons. The van der Waals surface area contributed by atoms with Crippen LogP contribution >= 0.6 is 0 Å². The van der Waals surface area contributed by atoms with Gasteiger partial charge >= 0.3 is 0 Å². The minimum atomic E-state index is 0.201. The number of aryl methyl sites for hydroxylation is 4. The highest BCUT2D eigenvalue weighted by atomic mass is 16.3. The zero-order valence-electron chi connectivity index (χ0n) is 32.6. The van der Waals surface area contributed by atoms with E-state index < -0.39 is 0 Å². The fraction of sp³-hybridized carbons (Fsp3) is 0.500. The second kappa shape index (κ2) is 21.6. The van der Waals surface area contributed by atoms with Crippen LogP contribution in [-0.2, 0) is 25.7 Å². The minimum absolute atomic E-state index is 0.201. The molecule has 4 aromatic carbocycles. The lowest BCUT2D eigenvalue weighted by molar-refractivity contribution is 0.464. The first-order chi connectivity index (χ1) is 25.3. The van der Waals surface area contributed by atoms with Crippen LogP contribution in [0.5, 0.6) is 23.0 Å². The molecule has 0 spiro atoms. The van der Waals surface area contributed by atoms with Crippen molar-refractivity contribution in [2.24, 2.45) is 0 Å².